The molecule has 0 aliphatic rings. The van der Waals surface area contributed by atoms with Gasteiger partial charge < -0.3 is 5.32 Å². The van der Waals surface area contributed by atoms with E-state index in [-0.39, 0.29) is 5.91 Å². The number of anilines is 1. The van der Waals surface area contributed by atoms with Gasteiger partial charge in [0.1, 0.15) is 0 Å². The SMILES string of the molecule is Cc1ccc(NC(=O)c2cnc3c(c(C)nn3-c3ccc(C)cc3)c2Cl)cc1. The zero-order valence-electron chi connectivity index (χ0n) is 15.8. The third-order valence-corrected chi connectivity index (χ3v) is 5.03. The fourth-order valence-electron chi connectivity index (χ4n) is 3.07. The largest absolute Gasteiger partial charge is 0.322 e. The minimum atomic E-state index is -0.300. The number of nitrogens with one attached hydrogen (secondary N) is 1. The summed E-state index contributed by atoms with van der Waals surface area (Å²) in [6, 6.07) is 15.6. The predicted octanol–water partition coefficient (Wildman–Crippen LogP) is 5.25. The Bertz CT molecular complexity index is 1180. The Kier molecular flexibility index (Phi) is 4.61. The number of amides is 1. The second-order valence-electron chi connectivity index (χ2n) is 6.84. The van der Waals surface area contributed by atoms with Crippen molar-refractivity contribution in [1.82, 2.24) is 14.8 Å². The molecule has 0 radical (unpaired) electrons. The summed E-state index contributed by atoms with van der Waals surface area (Å²) < 4.78 is 1.75. The Labute approximate surface area is 168 Å². The molecule has 1 amide bonds. The van der Waals surface area contributed by atoms with Crippen LogP contribution < -0.4 is 5.32 Å². The van der Waals surface area contributed by atoms with E-state index in [1.165, 1.54) is 6.20 Å². The second-order valence-corrected chi connectivity index (χ2v) is 7.22. The lowest BCUT2D eigenvalue weighted by atomic mass is 10.1. The topological polar surface area (TPSA) is 59.8 Å². The van der Waals surface area contributed by atoms with Crippen LogP contribution in [0.3, 0.4) is 0 Å². The molecule has 2 aromatic heterocycles. The minimum Gasteiger partial charge on any atom is -0.322 e. The van der Waals surface area contributed by atoms with Gasteiger partial charge in [-0.05, 0) is 45.0 Å². The standard InChI is InChI=1S/C22H19ClN4O/c1-13-4-8-16(9-5-13)25-22(28)18-12-24-21-19(20(18)23)15(3)26-27(21)17-10-6-14(2)7-11-17/h4-12H,1-3H3,(H,25,28). The Morgan fingerprint density at radius 1 is 0.964 bits per heavy atom. The monoisotopic (exact) mass is 390 g/mol. The van der Waals surface area contributed by atoms with Gasteiger partial charge in [-0.15, -0.1) is 0 Å². The van der Waals surface area contributed by atoms with Crippen molar-refractivity contribution in [2.45, 2.75) is 20.8 Å². The maximum absolute atomic E-state index is 12.7. The summed E-state index contributed by atoms with van der Waals surface area (Å²) in [5, 5.41) is 8.48. The average Bonchev–Trinajstić information content (AvgIpc) is 3.02. The molecule has 140 valence electrons. The van der Waals surface area contributed by atoms with Crippen LogP contribution in [0, 0.1) is 20.8 Å². The molecule has 0 aliphatic heterocycles. The van der Waals surface area contributed by atoms with Crippen molar-refractivity contribution in [3.63, 3.8) is 0 Å². The molecule has 0 unspecified atom stereocenters. The summed E-state index contributed by atoms with van der Waals surface area (Å²) in [5.74, 6) is -0.300. The number of aromatic nitrogens is 3. The van der Waals surface area contributed by atoms with Crippen LogP contribution in [-0.2, 0) is 0 Å². The number of carbonyl (C=O) groups is 1. The number of carbonyl (C=O) groups excluding carboxylic acids is 1. The Balaban J connectivity index is 1.74. The van der Waals surface area contributed by atoms with Gasteiger partial charge in [0, 0.05) is 11.9 Å². The van der Waals surface area contributed by atoms with E-state index in [4.69, 9.17) is 11.6 Å². The molecule has 28 heavy (non-hydrogen) atoms. The van der Waals surface area contributed by atoms with Gasteiger partial charge in [-0.3, -0.25) is 4.79 Å². The molecular formula is C22H19ClN4O. The van der Waals surface area contributed by atoms with Gasteiger partial charge in [0.25, 0.3) is 5.91 Å². The maximum Gasteiger partial charge on any atom is 0.258 e. The highest BCUT2D eigenvalue weighted by Gasteiger charge is 2.20. The number of hydrogen-bond acceptors (Lipinski definition) is 3. The number of halogens is 1. The van der Waals surface area contributed by atoms with E-state index in [0.29, 0.717) is 27.3 Å². The van der Waals surface area contributed by atoms with Crippen LogP contribution in [0.5, 0.6) is 0 Å². The van der Waals surface area contributed by atoms with Gasteiger partial charge in [0.05, 0.1) is 27.4 Å². The van der Waals surface area contributed by atoms with E-state index in [9.17, 15) is 4.79 Å². The Hall–Kier alpha value is -3.18. The van der Waals surface area contributed by atoms with E-state index in [2.05, 4.69) is 15.4 Å². The molecule has 6 heteroatoms. The van der Waals surface area contributed by atoms with Crippen LogP contribution in [0.15, 0.2) is 54.7 Å². The van der Waals surface area contributed by atoms with Crippen LogP contribution >= 0.6 is 11.6 Å². The molecule has 0 spiro atoms. The number of fused-ring (bicyclic) bond motifs is 1. The highest BCUT2D eigenvalue weighted by atomic mass is 35.5. The molecule has 0 saturated carbocycles. The zero-order valence-corrected chi connectivity index (χ0v) is 16.6. The van der Waals surface area contributed by atoms with Gasteiger partial charge >= 0.3 is 0 Å². The van der Waals surface area contributed by atoms with E-state index in [1.54, 1.807) is 4.68 Å². The van der Waals surface area contributed by atoms with Crippen molar-refractivity contribution in [2.24, 2.45) is 0 Å². The summed E-state index contributed by atoms with van der Waals surface area (Å²) >= 11 is 6.61. The molecule has 0 atom stereocenters. The first-order chi connectivity index (χ1) is 13.4. The first-order valence-electron chi connectivity index (χ1n) is 8.93. The summed E-state index contributed by atoms with van der Waals surface area (Å²) in [6.45, 7) is 5.89. The summed E-state index contributed by atoms with van der Waals surface area (Å²) in [4.78, 5) is 17.2. The highest BCUT2D eigenvalue weighted by molar-refractivity contribution is 6.39. The van der Waals surface area contributed by atoms with Crippen molar-refractivity contribution in [1.29, 1.82) is 0 Å². The molecule has 0 saturated heterocycles. The lowest BCUT2D eigenvalue weighted by Crippen LogP contribution is -2.13. The summed E-state index contributed by atoms with van der Waals surface area (Å²) in [7, 11) is 0. The highest BCUT2D eigenvalue weighted by Crippen LogP contribution is 2.30. The van der Waals surface area contributed by atoms with Gasteiger partial charge in [-0.1, -0.05) is 47.0 Å². The smallest absolute Gasteiger partial charge is 0.258 e. The summed E-state index contributed by atoms with van der Waals surface area (Å²) in [5.41, 5.74) is 5.55. The van der Waals surface area contributed by atoms with Crippen LogP contribution in [-0.4, -0.2) is 20.7 Å². The van der Waals surface area contributed by atoms with Gasteiger partial charge in [0.2, 0.25) is 0 Å². The van der Waals surface area contributed by atoms with Crippen LogP contribution in [0.1, 0.15) is 27.2 Å². The molecule has 1 N–H and O–H groups in total. The lowest BCUT2D eigenvalue weighted by molar-refractivity contribution is 0.102. The van der Waals surface area contributed by atoms with Crippen molar-refractivity contribution in [2.75, 3.05) is 5.32 Å². The molecule has 0 aliphatic carbocycles. The average molecular weight is 391 g/mol. The molecule has 4 aromatic rings. The number of benzene rings is 2. The molecule has 2 aromatic carbocycles. The van der Waals surface area contributed by atoms with E-state index in [1.807, 2.05) is 69.3 Å². The van der Waals surface area contributed by atoms with Crippen LogP contribution in [0.4, 0.5) is 5.69 Å². The van der Waals surface area contributed by atoms with Crippen molar-refractivity contribution in [3.05, 3.63) is 82.1 Å². The Morgan fingerprint density at radius 3 is 2.21 bits per heavy atom. The number of aryl methyl sites for hydroxylation is 3. The fraction of sp³-hybridized carbons (Fsp3) is 0.136. The second kappa shape index (κ2) is 7.09. The molecular weight excluding hydrogens is 372 g/mol. The number of nitrogens with zero attached hydrogens (tertiary/aromatic N) is 3. The van der Waals surface area contributed by atoms with Gasteiger partial charge in [0.15, 0.2) is 5.65 Å². The molecule has 0 fully saturated rings. The minimum absolute atomic E-state index is 0.300. The quantitative estimate of drug-likeness (QED) is 0.519. The van der Waals surface area contributed by atoms with E-state index >= 15 is 0 Å². The molecule has 2 heterocycles. The fourth-order valence-corrected chi connectivity index (χ4v) is 3.42. The normalized spacial score (nSPS) is 11.0. The number of pyridine rings is 1. The van der Waals surface area contributed by atoms with Gasteiger partial charge in [-0.2, -0.15) is 5.10 Å². The van der Waals surface area contributed by atoms with Crippen molar-refractivity contribution < 1.29 is 4.79 Å². The number of hydrogen-bond donors (Lipinski definition) is 1. The van der Waals surface area contributed by atoms with Crippen molar-refractivity contribution >= 4 is 34.2 Å². The van der Waals surface area contributed by atoms with Gasteiger partial charge in [-0.25, -0.2) is 9.67 Å². The first kappa shape index (κ1) is 18.2. The molecule has 5 nitrogen and oxygen atoms in total. The first-order valence-corrected chi connectivity index (χ1v) is 9.31. The van der Waals surface area contributed by atoms with E-state index < -0.39 is 0 Å². The van der Waals surface area contributed by atoms with Crippen molar-refractivity contribution in [3.8, 4) is 5.69 Å². The molecule has 0 bridgehead atoms. The number of rotatable bonds is 3. The summed E-state index contributed by atoms with van der Waals surface area (Å²) in [6.07, 6.45) is 1.50. The third-order valence-electron chi connectivity index (χ3n) is 4.64. The lowest BCUT2D eigenvalue weighted by Gasteiger charge is -2.08. The molecule has 4 rings (SSSR count). The zero-order chi connectivity index (χ0) is 19.8. The van der Waals surface area contributed by atoms with Crippen LogP contribution in [0.2, 0.25) is 5.02 Å². The maximum atomic E-state index is 12.7. The third kappa shape index (κ3) is 3.25. The van der Waals surface area contributed by atoms with Crippen LogP contribution in [0.25, 0.3) is 16.7 Å². The van der Waals surface area contributed by atoms with E-state index in [0.717, 1.165) is 22.5 Å². The Morgan fingerprint density at radius 2 is 1.57 bits per heavy atom. The predicted molar refractivity (Wildman–Crippen MR) is 112 cm³/mol.